The van der Waals surface area contributed by atoms with Crippen molar-refractivity contribution in [2.45, 2.75) is 25.9 Å². The van der Waals surface area contributed by atoms with Crippen LogP contribution >= 0.6 is 0 Å². The highest BCUT2D eigenvalue weighted by molar-refractivity contribution is 6.01. The van der Waals surface area contributed by atoms with Crippen molar-refractivity contribution in [1.29, 1.82) is 10.5 Å². The lowest BCUT2D eigenvalue weighted by Gasteiger charge is -2.23. The van der Waals surface area contributed by atoms with Gasteiger partial charge in [0.1, 0.15) is 0 Å². The highest BCUT2D eigenvalue weighted by Gasteiger charge is 2.25. The number of nitriles is 2. The minimum Gasteiger partial charge on any atom is -0.385 e. The Labute approximate surface area is 175 Å². The van der Waals surface area contributed by atoms with Crippen LogP contribution in [0.15, 0.2) is 30.3 Å². The number of anilines is 1. The SMILES string of the molecule is N#Cc1ccc(-c2cc(NCC3CCOCC3)cc3c2CN(C#N)C3)c(C(N)=O)c1. The third kappa shape index (κ3) is 3.94. The quantitative estimate of drug-likeness (QED) is 0.744. The molecule has 2 aliphatic heterocycles. The van der Waals surface area contributed by atoms with Crippen molar-refractivity contribution in [3.63, 3.8) is 0 Å². The second kappa shape index (κ2) is 8.44. The maximum atomic E-state index is 12.1. The van der Waals surface area contributed by atoms with Gasteiger partial charge in [-0.15, -0.1) is 0 Å². The number of ether oxygens (including phenoxy) is 1. The summed E-state index contributed by atoms with van der Waals surface area (Å²) in [6.45, 7) is 3.46. The van der Waals surface area contributed by atoms with E-state index in [9.17, 15) is 15.3 Å². The number of hydrogen-bond donors (Lipinski definition) is 2. The summed E-state index contributed by atoms with van der Waals surface area (Å²) in [6.07, 6.45) is 4.28. The predicted molar refractivity (Wildman–Crippen MR) is 112 cm³/mol. The fraction of sp³-hybridized carbons (Fsp3) is 0.348. The zero-order chi connectivity index (χ0) is 21.1. The van der Waals surface area contributed by atoms with Crippen LogP contribution in [-0.4, -0.2) is 30.6 Å². The van der Waals surface area contributed by atoms with E-state index in [1.165, 1.54) is 6.07 Å². The zero-order valence-electron chi connectivity index (χ0n) is 16.6. The summed E-state index contributed by atoms with van der Waals surface area (Å²) in [5.41, 5.74) is 10.9. The van der Waals surface area contributed by atoms with Gasteiger partial charge < -0.3 is 20.7 Å². The van der Waals surface area contributed by atoms with Gasteiger partial charge in [-0.2, -0.15) is 10.5 Å². The first kappa shape index (κ1) is 19.8. The van der Waals surface area contributed by atoms with Crippen LogP contribution in [0.3, 0.4) is 0 Å². The highest BCUT2D eigenvalue weighted by atomic mass is 16.5. The van der Waals surface area contributed by atoms with Crippen LogP contribution in [0, 0.1) is 28.7 Å². The molecule has 30 heavy (non-hydrogen) atoms. The molecule has 2 aromatic rings. The van der Waals surface area contributed by atoms with Crippen LogP contribution in [0.5, 0.6) is 0 Å². The molecule has 3 N–H and O–H groups in total. The van der Waals surface area contributed by atoms with E-state index in [4.69, 9.17) is 10.5 Å². The first-order chi connectivity index (χ1) is 14.6. The van der Waals surface area contributed by atoms with Gasteiger partial charge in [-0.1, -0.05) is 6.07 Å². The first-order valence-corrected chi connectivity index (χ1v) is 10.1. The molecule has 2 heterocycles. The molecule has 0 atom stereocenters. The van der Waals surface area contributed by atoms with Gasteiger partial charge in [0, 0.05) is 31.0 Å². The number of carbonyl (C=O) groups excluding carboxylic acids is 1. The molecule has 0 saturated carbocycles. The molecular weight excluding hydrogens is 378 g/mol. The number of benzene rings is 2. The normalized spacial score (nSPS) is 15.9. The van der Waals surface area contributed by atoms with E-state index in [1.54, 1.807) is 17.0 Å². The lowest BCUT2D eigenvalue weighted by atomic mass is 9.91. The van der Waals surface area contributed by atoms with Crippen molar-refractivity contribution in [2.75, 3.05) is 25.1 Å². The maximum Gasteiger partial charge on any atom is 0.249 e. The van der Waals surface area contributed by atoms with Gasteiger partial charge in [-0.05, 0) is 65.3 Å². The molecule has 1 amide bonds. The monoisotopic (exact) mass is 401 g/mol. The number of amides is 1. The lowest BCUT2D eigenvalue weighted by molar-refractivity contribution is 0.0699. The van der Waals surface area contributed by atoms with Gasteiger partial charge in [0.25, 0.3) is 0 Å². The van der Waals surface area contributed by atoms with Crippen LogP contribution in [-0.2, 0) is 17.8 Å². The van der Waals surface area contributed by atoms with Gasteiger partial charge in [-0.25, -0.2) is 0 Å². The molecule has 7 nitrogen and oxygen atoms in total. The van der Waals surface area contributed by atoms with E-state index in [-0.39, 0.29) is 0 Å². The molecule has 0 aliphatic carbocycles. The highest BCUT2D eigenvalue weighted by Crippen LogP contribution is 2.37. The van der Waals surface area contributed by atoms with Gasteiger partial charge >= 0.3 is 0 Å². The second-order valence-corrected chi connectivity index (χ2v) is 7.79. The minimum atomic E-state index is -0.577. The van der Waals surface area contributed by atoms with Crippen LogP contribution in [0.1, 0.15) is 39.9 Å². The summed E-state index contributed by atoms with van der Waals surface area (Å²) < 4.78 is 5.44. The third-order valence-corrected chi connectivity index (χ3v) is 5.83. The molecule has 2 aliphatic rings. The summed E-state index contributed by atoms with van der Waals surface area (Å²) in [7, 11) is 0. The van der Waals surface area contributed by atoms with Crippen molar-refractivity contribution < 1.29 is 9.53 Å². The average Bonchev–Trinajstić information content (AvgIpc) is 3.20. The Hall–Kier alpha value is -3.55. The van der Waals surface area contributed by atoms with Crippen molar-refractivity contribution >= 4 is 11.6 Å². The largest absolute Gasteiger partial charge is 0.385 e. The van der Waals surface area contributed by atoms with Crippen molar-refractivity contribution in [1.82, 2.24) is 4.90 Å². The second-order valence-electron chi connectivity index (χ2n) is 7.79. The van der Waals surface area contributed by atoms with Gasteiger partial charge in [0.05, 0.1) is 24.7 Å². The number of nitrogens with one attached hydrogen (secondary N) is 1. The summed E-state index contributed by atoms with van der Waals surface area (Å²) >= 11 is 0. The van der Waals surface area contributed by atoms with E-state index >= 15 is 0 Å². The Morgan fingerprint density at radius 3 is 2.67 bits per heavy atom. The van der Waals surface area contributed by atoms with Crippen LogP contribution in [0.4, 0.5) is 5.69 Å². The number of nitrogens with zero attached hydrogens (tertiary/aromatic N) is 3. The topological polar surface area (TPSA) is 115 Å². The third-order valence-electron chi connectivity index (χ3n) is 5.83. The predicted octanol–water partition coefficient (Wildman–Crippen LogP) is 2.96. The average molecular weight is 401 g/mol. The molecule has 2 aromatic carbocycles. The molecule has 0 unspecified atom stereocenters. The smallest absolute Gasteiger partial charge is 0.249 e. The maximum absolute atomic E-state index is 12.1. The molecule has 4 rings (SSSR count). The van der Waals surface area contributed by atoms with Crippen molar-refractivity contribution in [3.8, 4) is 23.4 Å². The molecular formula is C23H23N5O2. The van der Waals surface area contributed by atoms with Gasteiger partial charge in [0.15, 0.2) is 6.19 Å². The van der Waals surface area contributed by atoms with Crippen molar-refractivity contribution in [3.05, 3.63) is 52.6 Å². The van der Waals surface area contributed by atoms with E-state index in [0.717, 1.165) is 55.0 Å². The number of rotatable bonds is 5. The molecule has 0 bridgehead atoms. The first-order valence-electron chi connectivity index (χ1n) is 10.1. The number of fused-ring (bicyclic) bond motifs is 1. The summed E-state index contributed by atoms with van der Waals surface area (Å²) in [5.74, 6) is -0.0197. The summed E-state index contributed by atoms with van der Waals surface area (Å²) in [6, 6.07) is 11.2. The lowest BCUT2D eigenvalue weighted by Crippen LogP contribution is -2.22. The standard InChI is InChI=1S/C23H23N5O2/c24-10-16-1-2-19(21(7-16)23(26)29)20-9-18(27-11-15-3-5-30-6-4-15)8-17-12-28(14-25)13-22(17)20/h1-2,7-9,15,27H,3-6,11-13H2,(H2,26,29). The molecule has 152 valence electrons. The van der Waals surface area contributed by atoms with E-state index < -0.39 is 5.91 Å². The molecule has 0 radical (unpaired) electrons. The fourth-order valence-electron chi connectivity index (χ4n) is 4.19. The number of carbonyl (C=O) groups is 1. The summed E-state index contributed by atoms with van der Waals surface area (Å²) in [5, 5.41) is 22.1. The number of hydrogen-bond acceptors (Lipinski definition) is 6. The zero-order valence-corrected chi connectivity index (χ0v) is 16.6. The summed E-state index contributed by atoms with van der Waals surface area (Å²) in [4.78, 5) is 13.8. The molecule has 1 saturated heterocycles. The van der Waals surface area contributed by atoms with Crippen molar-refractivity contribution in [2.24, 2.45) is 11.7 Å². The molecule has 1 fully saturated rings. The number of primary amides is 1. The number of nitrogens with two attached hydrogens (primary N) is 1. The Morgan fingerprint density at radius 1 is 1.17 bits per heavy atom. The van der Waals surface area contributed by atoms with Gasteiger partial charge in [0.2, 0.25) is 5.91 Å². The van der Waals surface area contributed by atoms with E-state index in [1.807, 2.05) is 6.07 Å². The van der Waals surface area contributed by atoms with Gasteiger partial charge in [-0.3, -0.25) is 4.79 Å². The minimum absolute atomic E-state index is 0.313. The van der Waals surface area contributed by atoms with Crippen LogP contribution in [0.2, 0.25) is 0 Å². The molecule has 7 heteroatoms. The van der Waals surface area contributed by atoms with E-state index in [2.05, 4.69) is 23.6 Å². The molecule has 0 spiro atoms. The fourth-order valence-corrected chi connectivity index (χ4v) is 4.19. The Morgan fingerprint density at radius 2 is 1.97 bits per heavy atom. The Balaban J connectivity index is 1.74. The van der Waals surface area contributed by atoms with E-state index in [0.29, 0.717) is 35.7 Å². The molecule has 0 aromatic heterocycles. The van der Waals surface area contributed by atoms with Crippen LogP contribution in [0.25, 0.3) is 11.1 Å². The Bertz CT molecular complexity index is 1060. The van der Waals surface area contributed by atoms with Crippen LogP contribution < -0.4 is 11.1 Å². The Kier molecular flexibility index (Phi) is 5.56.